The zero-order valence-corrected chi connectivity index (χ0v) is 15.0. The van der Waals surface area contributed by atoms with E-state index >= 15 is 0 Å². The van der Waals surface area contributed by atoms with E-state index in [2.05, 4.69) is 10.5 Å². The Hall–Kier alpha value is -4.20. The Morgan fingerprint density at radius 3 is 2.21 bits per heavy atom. The normalized spacial score (nSPS) is 10.8. The first-order chi connectivity index (χ1) is 13.9. The molecule has 3 aromatic rings. The molecule has 1 amide bonds. The lowest BCUT2D eigenvalue weighted by Gasteiger charge is -2.03. The molecule has 0 aliphatic rings. The molecule has 0 aliphatic heterocycles. The van der Waals surface area contributed by atoms with Gasteiger partial charge < -0.3 is 14.6 Å². The zero-order chi connectivity index (χ0) is 20.8. The molecule has 0 radical (unpaired) electrons. The van der Waals surface area contributed by atoms with E-state index in [9.17, 15) is 14.4 Å². The van der Waals surface area contributed by atoms with Crippen LogP contribution in [0.4, 0.5) is 0 Å². The molecule has 0 atom stereocenters. The van der Waals surface area contributed by atoms with Crippen LogP contribution in [0.1, 0.15) is 32.0 Å². The number of carboxylic acids is 2. The highest BCUT2D eigenvalue weighted by molar-refractivity contribution is 5.96. The summed E-state index contributed by atoms with van der Waals surface area (Å²) in [6.07, 6.45) is 1.48. The fraction of sp³-hybridized carbons (Fsp3) is 0.0476. The van der Waals surface area contributed by atoms with Gasteiger partial charge in [0.1, 0.15) is 11.5 Å². The van der Waals surface area contributed by atoms with Crippen molar-refractivity contribution in [2.45, 2.75) is 6.42 Å². The Kier molecular flexibility index (Phi) is 5.84. The van der Waals surface area contributed by atoms with Crippen molar-refractivity contribution in [2.75, 3.05) is 0 Å². The summed E-state index contributed by atoms with van der Waals surface area (Å²) in [5, 5.41) is 22.1. The van der Waals surface area contributed by atoms with Gasteiger partial charge in [-0.1, -0.05) is 30.3 Å². The van der Waals surface area contributed by atoms with Crippen LogP contribution in [0.3, 0.4) is 0 Å². The molecule has 0 aliphatic carbocycles. The van der Waals surface area contributed by atoms with Crippen LogP contribution in [0.25, 0.3) is 11.3 Å². The van der Waals surface area contributed by atoms with Gasteiger partial charge in [-0.05, 0) is 35.9 Å². The Morgan fingerprint density at radius 1 is 0.931 bits per heavy atom. The molecule has 0 bridgehead atoms. The highest BCUT2D eigenvalue weighted by Gasteiger charge is 2.14. The summed E-state index contributed by atoms with van der Waals surface area (Å²) in [7, 11) is 0. The summed E-state index contributed by atoms with van der Waals surface area (Å²) in [5.41, 5.74) is 3.21. The number of rotatable bonds is 7. The number of carbonyl (C=O) groups is 3. The van der Waals surface area contributed by atoms with Gasteiger partial charge in [-0.3, -0.25) is 4.79 Å². The Balaban J connectivity index is 1.70. The van der Waals surface area contributed by atoms with Gasteiger partial charge in [-0.25, -0.2) is 15.0 Å². The third-order valence-corrected chi connectivity index (χ3v) is 3.93. The van der Waals surface area contributed by atoms with Crippen molar-refractivity contribution in [3.05, 3.63) is 83.1 Å². The molecule has 1 aromatic heterocycles. The van der Waals surface area contributed by atoms with Crippen LogP contribution in [0.2, 0.25) is 0 Å². The summed E-state index contributed by atoms with van der Waals surface area (Å²) >= 11 is 0. The molecular formula is C21H16N2O6. The van der Waals surface area contributed by atoms with Crippen molar-refractivity contribution in [1.29, 1.82) is 0 Å². The van der Waals surface area contributed by atoms with Crippen molar-refractivity contribution in [3.8, 4) is 11.3 Å². The molecule has 3 N–H and O–H groups in total. The highest BCUT2D eigenvalue weighted by atomic mass is 16.4. The van der Waals surface area contributed by atoms with Crippen LogP contribution in [0.15, 0.2) is 70.2 Å². The van der Waals surface area contributed by atoms with Gasteiger partial charge in [-0.2, -0.15) is 5.10 Å². The SMILES string of the molecule is O=C(Cc1ccccc1)N/N=C\c1ccc(-c2cc(C(=O)O)cc(C(=O)O)c2)o1. The lowest BCUT2D eigenvalue weighted by Crippen LogP contribution is -2.19. The third kappa shape index (κ3) is 5.16. The fourth-order valence-electron chi connectivity index (χ4n) is 2.58. The lowest BCUT2D eigenvalue weighted by molar-refractivity contribution is -0.120. The number of furan rings is 1. The smallest absolute Gasteiger partial charge is 0.335 e. The lowest BCUT2D eigenvalue weighted by atomic mass is 10.0. The number of benzene rings is 2. The molecular weight excluding hydrogens is 376 g/mol. The minimum atomic E-state index is -1.25. The van der Waals surface area contributed by atoms with Gasteiger partial charge in [0.05, 0.1) is 23.8 Å². The highest BCUT2D eigenvalue weighted by Crippen LogP contribution is 2.24. The van der Waals surface area contributed by atoms with Gasteiger partial charge >= 0.3 is 11.9 Å². The number of nitrogens with zero attached hydrogens (tertiary/aromatic N) is 1. The summed E-state index contributed by atoms with van der Waals surface area (Å²) < 4.78 is 5.55. The van der Waals surface area contributed by atoms with E-state index in [4.69, 9.17) is 14.6 Å². The molecule has 0 fully saturated rings. The first kappa shape index (κ1) is 19.6. The third-order valence-electron chi connectivity index (χ3n) is 3.93. The second-order valence-electron chi connectivity index (χ2n) is 6.07. The van der Waals surface area contributed by atoms with Crippen LogP contribution in [-0.4, -0.2) is 34.3 Å². The summed E-state index contributed by atoms with van der Waals surface area (Å²) in [4.78, 5) is 34.3. The number of hydrogen-bond acceptors (Lipinski definition) is 5. The molecule has 8 heteroatoms. The van der Waals surface area contributed by atoms with E-state index in [0.717, 1.165) is 11.6 Å². The molecule has 2 aromatic carbocycles. The van der Waals surface area contributed by atoms with E-state index in [1.165, 1.54) is 18.3 Å². The van der Waals surface area contributed by atoms with E-state index < -0.39 is 11.9 Å². The van der Waals surface area contributed by atoms with Crippen LogP contribution in [0.5, 0.6) is 0 Å². The van der Waals surface area contributed by atoms with Crippen LogP contribution in [-0.2, 0) is 11.2 Å². The maximum absolute atomic E-state index is 11.9. The molecule has 0 saturated heterocycles. The monoisotopic (exact) mass is 392 g/mol. The minimum absolute atomic E-state index is 0.167. The number of amides is 1. The number of carboxylic acid groups (broad SMARTS) is 2. The molecule has 146 valence electrons. The quantitative estimate of drug-likeness (QED) is 0.419. The predicted octanol–water partition coefficient (Wildman–Crippen LogP) is 3.04. The van der Waals surface area contributed by atoms with Gasteiger partial charge in [0.2, 0.25) is 5.91 Å². The van der Waals surface area contributed by atoms with Crippen molar-refractivity contribution in [3.63, 3.8) is 0 Å². The second-order valence-corrected chi connectivity index (χ2v) is 6.07. The van der Waals surface area contributed by atoms with Gasteiger partial charge in [0.25, 0.3) is 0 Å². The second kappa shape index (κ2) is 8.66. The number of nitrogens with one attached hydrogen (secondary N) is 1. The molecule has 8 nitrogen and oxygen atoms in total. The molecule has 1 heterocycles. The maximum Gasteiger partial charge on any atom is 0.335 e. The Labute approximate surface area is 165 Å². The first-order valence-electron chi connectivity index (χ1n) is 8.50. The van der Waals surface area contributed by atoms with Crippen LogP contribution < -0.4 is 5.43 Å². The largest absolute Gasteiger partial charge is 0.478 e. The topological polar surface area (TPSA) is 129 Å². The molecule has 0 saturated carbocycles. The van der Waals surface area contributed by atoms with E-state index in [-0.39, 0.29) is 29.2 Å². The molecule has 0 spiro atoms. The maximum atomic E-state index is 11.9. The van der Waals surface area contributed by atoms with Crippen LogP contribution >= 0.6 is 0 Å². The van der Waals surface area contributed by atoms with E-state index in [0.29, 0.717) is 11.3 Å². The zero-order valence-electron chi connectivity index (χ0n) is 15.0. The first-order valence-corrected chi connectivity index (χ1v) is 8.50. The number of carbonyl (C=O) groups excluding carboxylic acids is 1. The molecule has 3 rings (SSSR count). The number of hydrazone groups is 1. The summed E-state index contributed by atoms with van der Waals surface area (Å²) in [6, 6.07) is 16.0. The van der Waals surface area contributed by atoms with Gasteiger partial charge in [-0.15, -0.1) is 0 Å². The number of hydrogen-bond donors (Lipinski definition) is 3. The number of aromatic carboxylic acids is 2. The van der Waals surface area contributed by atoms with E-state index in [1.54, 1.807) is 12.1 Å². The average molecular weight is 392 g/mol. The average Bonchev–Trinajstić information content (AvgIpc) is 3.17. The minimum Gasteiger partial charge on any atom is -0.478 e. The Bertz CT molecular complexity index is 1050. The predicted molar refractivity (Wildman–Crippen MR) is 104 cm³/mol. The fourth-order valence-corrected chi connectivity index (χ4v) is 2.58. The summed E-state index contributed by atoms with van der Waals surface area (Å²) in [5.74, 6) is -2.21. The molecule has 29 heavy (non-hydrogen) atoms. The Morgan fingerprint density at radius 2 is 1.59 bits per heavy atom. The van der Waals surface area contributed by atoms with Gasteiger partial charge in [0, 0.05) is 5.56 Å². The summed E-state index contributed by atoms with van der Waals surface area (Å²) in [6.45, 7) is 0. The van der Waals surface area contributed by atoms with Crippen molar-refractivity contribution in [2.24, 2.45) is 5.10 Å². The van der Waals surface area contributed by atoms with Gasteiger partial charge in [0.15, 0.2) is 0 Å². The van der Waals surface area contributed by atoms with Crippen molar-refractivity contribution >= 4 is 24.1 Å². The standard InChI is InChI=1S/C21H16N2O6/c24-19(8-13-4-2-1-3-5-13)23-22-12-17-6-7-18(29-17)14-9-15(20(25)26)11-16(10-14)21(27)28/h1-7,9-12H,8H2,(H,23,24)(H,25,26)(H,27,28)/b22-12-. The van der Waals surface area contributed by atoms with E-state index in [1.807, 2.05) is 30.3 Å². The van der Waals surface area contributed by atoms with Crippen molar-refractivity contribution in [1.82, 2.24) is 5.43 Å². The molecule has 0 unspecified atom stereocenters. The van der Waals surface area contributed by atoms with Crippen molar-refractivity contribution < 1.29 is 29.0 Å². The van der Waals surface area contributed by atoms with Crippen LogP contribution in [0, 0.1) is 0 Å².